The van der Waals surface area contributed by atoms with Gasteiger partial charge in [-0.3, -0.25) is 9.69 Å². The second kappa shape index (κ2) is 8.76. The van der Waals surface area contributed by atoms with Crippen molar-refractivity contribution < 1.29 is 22.0 Å². The van der Waals surface area contributed by atoms with Gasteiger partial charge in [-0.1, -0.05) is 48.6 Å². The molecular formula is C23H18F2N2O3S2. The van der Waals surface area contributed by atoms with Crippen molar-refractivity contribution in [1.29, 1.82) is 0 Å². The number of hydrogen-bond acceptors (Lipinski definition) is 5. The maximum atomic E-state index is 14.2. The van der Waals surface area contributed by atoms with E-state index in [2.05, 4.69) is 4.98 Å². The van der Waals surface area contributed by atoms with Crippen molar-refractivity contribution in [3.8, 4) is 0 Å². The van der Waals surface area contributed by atoms with Crippen molar-refractivity contribution in [3.63, 3.8) is 0 Å². The summed E-state index contributed by atoms with van der Waals surface area (Å²) < 4.78 is 52.3. The Morgan fingerprint density at radius 2 is 1.72 bits per heavy atom. The number of benzene rings is 3. The predicted molar refractivity (Wildman–Crippen MR) is 121 cm³/mol. The van der Waals surface area contributed by atoms with Crippen molar-refractivity contribution in [2.75, 3.05) is 10.7 Å². The molecule has 9 heteroatoms. The zero-order valence-electron chi connectivity index (χ0n) is 17.0. The van der Waals surface area contributed by atoms with Gasteiger partial charge in [-0.05, 0) is 35.9 Å². The molecule has 0 fully saturated rings. The predicted octanol–water partition coefficient (Wildman–Crippen LogP) is 5.22. The smallest absolute Gasteiger partial charge is 0.260 e. The van der Waals surface area contributed by atoms with Crippen LogP contribution in [0.4, 0.5) is 13.9 Å². The molecule has 0 aliphatic heterocycles. The SMILES string of the molecule is CCS(=O)(=O)c1ccc(C(=O)N(Cc2ccccc2)c2nc3c(F)cc(F)cc3s2)cc1. The number of carbonyl (C=O) groups is 1. The fourth-order valence-electron chi connectivity index (χ4n) is 3.18. The van der Waals surface area contributed by atoms with Crippen LogP contribution in [0.5, 0.6) is 0 Å². The number of carbonyl (C=O) groups excluding carboxylic acids is 1. The molecule has 1 amide bonds. The van der Waals surface area contributed by atoms with Crippen molar-refractivity contribution in [2.24, 2.45) is 0 Å². The van der Waals surface area contributed by atoms with Gasteiger partial charge < -0.3 is 0 Å². The van der Waals surface area contributed by atoms with Gasteiger partial charge >= 0.3 is 0 Å². The molecule has 32 heavy (non-hydrogen) atoms. The number of rotatable bonds is 6. The van der Waals surface area contributed by atoms with Crippen molar-refractivity contribution in [3.05, 3.63) is 89.5 Å². The minimum Gasteiger partial charge on any atom is -0.279 e. The van der Waals surface area contributed by atoms with E-state index >= 15 is 0 Å². The molecule has 0 aliphatic carbocycles. The highest BCUT2D eigenvalue weighted by molar-refractivity contribution is 7.91. The summed E-state index contributed by atoms with van der Waals surface area (Å²) in [4.78, 5) is 19.1. The molecule has 0 atom stereocenters. The van der Waals surface area contributed by atoms with E-state index in [0.29, 0.717) is 0 Å². The third-order valence-electron chi connectivity index (χ3n) is 4.90. The first-order valence-electron chi connectivity index (χ1n) is 9.72. The third-order valence-corrected chi connectivity index (χ3v) is 7.68. The van der Waals surface area contributed by atoms with E-state index in [4.69, 9.17) is 0 Å². The number of amides is 1. The van der Waals surface area contributed by atoms with Crippen LogP contribution in [0.3, 0.4) is 0 Å². The van der Waals surface area contributed by atoms with Crippen molar-refractivity contribution >= 4 is 42.4 Å². The van der Waals surface area contributed by atoms with Crippen LogP contribution in [-0.2, 0) is 16.4 Å². The molecule has 0 aliphatic rings. The van der Waals surface area contributed by atoms with Gasteiger partial charge in [-0.2, -0.15) is 0 Å². The minimum atomic E-state index is -3.40. The van der Waals surface area contributed by atoms with Gasteiger partial charge in [0, 0.05) is 11.6 Å². The van der Waals surface area contributed by atoms with Crippen LogP contribution >= 0.6 is 11.3 Å². The van der Waals surface area contributed by atoms with Gasteiger partial charge in [-0.15, -0.1) is 0 Å². The molecule has 0 radical (unpaired) electrons. The molecule has 1 aromatic heterocycles. The molecule has 3 aromatic carbocycles. The molecular weight excluding hydrogens is 454 g/mol. The summed E-state index contributed by atoms with van der Waals surface area (Å²) in [5.41, 5.74) is 1.06. The van der Waals surface area contributed by atoms with Crippen molar-refractivity contribution in [1.82, 2.24) is 4.98 Å². The van der Waals surface area contributed by atoms with E-state index in [0.717, 1.165) is 23.0 Å². The monoisotopic (exact) mass is 472 g/mol. The molecule has 164 valence electrons. The lowest BCUT2D eigenvalue weighted by atomic mass is 10.1. The van der Waals surface area contributed by atoms with Gasteiger partial charge in [0.1, 0.15) is 11.3 Å². The first-order chi connectivity index (χ1) is 15.3. The molecule has 0 spiro atoms. The summed E-state index contributed by atoms with van der Waals surface area (Å²) in [5, 5.41) is 0.212. The average molecular weight is 473 g/mol. The fraction of sp³-hybridized carbons (Fsp3) is 0.130. The number of thiazole rings is 1. The lowest BCUT2D eigenvalue weighted by Crippen LogP contribution is -2.30. The Morgan fingerprint density at radius 1 is 1.03 bits per heavy atom. The van der Waals surface area contributed by atoms with Gasteiger partial charge in [0.25, 0.3) is 5.91 Å². The second-order valence-corrected chi connectivity index (χ2v) is 10.3. The molecule has 0 unspecified atom stereocenters. The lowest BCUT2D eigenvalue weighted by molar-refractivity contribution is 0.0985. The number of sulfone groups is 1. The standard InChI is InChI=1S/C23H18F2N2O3S2/c1-2-32(29,30)18-10-8-16(9-11-18)22(28)27(14-15-6-4-3-5-7-15)23-26-21-19(25)12-17(24)13-20(21)31-23/h3-13H,2,14H2,1H3. The zero-order valence-corrected chi connectivity index (χ0v) is 18.6. The summed E-state index contributed by atoms with van der Waals surface area (Å²) in [6.07, 6.45) is 0. The zero-order chi connectivity index (χ0) is 22.9. The number of hydrogen-bond donors (Lipinski definition) is 0. The Hall–Kier alpha value is -3.17. The summed E-state index contributed by atoms with van der Waals surface area (Å²) in [6, 6.07) is 16.8. The highest BCUT2D eigenvalue weighted by atomic mass is 32.2. The maximum absolute atomic E-state index is 14.2. The van der Waals surface area contributed by atoms with Crippen LogP contribution in [0.2, 0.25) is 0 Å². The Balaban J connectivity index is 1.76. The molecule has 5 nitrogen and oxygen atoms in total. The highest BCUT2D eigenvalue weighted by Crippen LogP contribution is 2.33. The van der Waals surface area contributed by atoms with E-state index in [9.17, 15) is 22.0 Å². The first kappa shape index (κ1) is 22.0. The molecule has 1 heterocycles. The van der Waals surface area contributed by atoms with Crippen LogP contribution in [0, 0.1) is 11.6 Å². The average Bonchev–Trinajstić information content (AvgIpc) is 3.22. The Morgan fingerprint density at radius 3 is 2.38 bits per heavy atom. The Labute approximate surface area is 187 Å². The molecule has 0 N–H and O–H groups in total. The van der Waals surface area contributed by atoms with E-state index in [1.807, 2.05) is 30.3 Å². The number of nitrogens with zero attached hydrogens (tertiary/aromatic N) is 2. The highest BCUT2D eigenvalue weighted by Gasteiger charge is 2.23. The summed E-state index contributed by atoms with van der Waals surface area (Å²) >= 11 is 1.01. The lowest BCUT2D eigenvalue weighted by Gasteiger charge is -2.20. The molecule has 0 saturated heterocycles. The largest absolute Gasteiger partial charge is 0.279 e. The first-order valence-corrected chi connectivity index (χ1v) is 12.2. The van der Waals surface area contributed by atoms with E-state index in [1.54, 1.807) is 6.92 Å². The van der Waals surface area contributed by atoms with Crippen LogP contribution in [0.25, 0.3) is 10.2 Å². The van der Waals surface area contributed by atoms with E-state index < -0.39 is 27.4 Å². The van der Waals surface area contributed by atoms with Gasteiger partial charge in [0.05, 0.1) is 21.9 Å². The topological polar surface area (TPSA) is 67.3 Å². The van der Waals surface area contributed by atoms with E-state index in [-0.39, 0.29) is 38.1 Å². The van der Waals surface area contributed by atoms with E-state index in [1.165, 1.54) is 35.2 Å². The van der Waals surface area contributed by atoms with Gasteiger partial charge in [0.2, 0.25) is 0 Å². The Bertz CT molecular complexity index is 1390. The second-order valence-electron chi connectivity index (χ2n) is 7.04. The number of fused-ring (bicyclic) bond motifs is 1. The summed E-state index contributed by atoms with van der Waals surface area (Å²) in [6.45, 7) is 1.70. The normalized spacial score (nSPS) is 11.6. The third kappa shape index (κ3) is 4.39. The molecule has 4 aromatic rings. The summed E-state index contributed by atoms with van der Waals surface area (Å²) in [5.74, 6) is -2.01. The molecule has 0 bridgehead atoms. The Kier molecular flexibility index (Phi) is 6.03. The summed E-state index contributed by atoms with van der Waals surface area (Å²) in [7, 11) is -3.40. The van der Waals surface area contributed by atoms with Gasteiger partial charge in [0.15, 0.2) is 20.8 Å². The van der Waals surface area contributed by atoms with Crippen molar-refractivity contribution in [2.45, 2.75) is 18.4 Å². The molecule has 4 rings (SSSR count). The minimum absolute atomic E-state index is 0.0124. The fourth-order valence-corrected chi connectivity index (χ4v) is 5.07. The van der Waals surface area contributed by atoms with Crippen LogP contribution in [0.1, 0.15) is 22.8 Å². The number of anilines is 1. The molecule has 0 saturated carbocycles. The number of halogens is 2. The number of aromatic nitrogens is 1. The van der Waals surface area contributed by atoms with Crippen LogP contribution in [-0.4, -0.2) is 25.1 Å². The van der Waals surface area contributed by atoms with Crippen LogP contribution in [0.15, 0.2) is 71.6 Å². The maximum Gasteiger partial charge on any atom is 0.260 e. The quantitative estimate of drug-likeness (QED) is 0.386. The van der Waals surface area contributed by atoms with Crippen LogP contribution < -0.4 is 4.90 Å². The van der Waals surface area contributed by atoms with Gasteiger partial charge in [-0.25, -0.2) is 22.2 Å².